The fraction of sp³-hybridized carbons (Fsp3) is 0.500. The van der Waals surface area contributed by atoms with Gasteiger partial charge in [-0.1, -0.05) is 0 Å². The monoisotopic (exact) mass is 323 g/mol. The number of alkyl halides is 1. The van der Waals surface area contributed by atoms with Crippen LogP contribution in [-0.4, -0.2) is 37.3 Å². The van der Waals surface area contributed by atoms with Crippen molar-refractivity contribution in [1.82, 2.24) is 5.32 Å². The second-order valence-corrected chi connectivity index (χ2v) is 5.73. The van der Waals surface area contributed by atoms with Gasteiger partial charge in [0.1, 0.15) is 0 Å². The third-order valence-corrected chi connectivity index (χ3v) is 3.92. The molecule has 2 amide bonds. The molecule has 1 saturated heterocycles. The minimum Gasteiger partial charge on any atom is -0.372 e. The van der Waals surface area contributed by atoms with Crippen molar-refractivity contribution in [2.45, 2.75) is 25.7 Å². The molecule has 1 aliphatic rings. The lowest BCUT2D eigenvalue weighted by Gasteiger charge is -2.28. The van der Waals surface area contributed by atoms with Crippen LogP contribution in [0.15, 0.2) is 24.3 Å². The van der Waals surface area contributed by atoms with Crippen LogP contribution in [0.2, 0.25) is 0 Å². The summed E-state index contributed by atoms with van der Waals surface area (Å²) in [5.74, 6) is -0.828. The number of nitrogens with one attached hydrogen (secondary N) is 2. The second kappa shape index (κ2) is 8.63. The normalized spacial score (nSPS) is 14.5. The van der Waals surface area contributed by atoms with Gasteiger partial charge in [-0.05, 0) is 49.9 Å². The van der Waals surface area contributed by atoms with Gasteiger partial charge in [0.25, 0.3) is 0 Å². The third kappa shape index (κ3) is 4.91. The molecule has 1 heterocycles. The molecule has 0 unspecified atom stereocenters. The van der Waals surface area contributed by atoms with Gasteiger partial charge in [-0.15, -0.1) is 11.6 Å². The van der Waals surface area contributed by atoms with Crippen molar-refractivity contribution < 1.29 is 9.59 Å². The minimum absolute atomic E-state index is 0.406. The van der Waals surface area contributed by atoms with E-state index in [1.807, 2.05) is 24.3 Å². The van der Waals surface area contributed by atoms with Crippen LogP contribution in [0.5, 0.6) is 0 Å². The van der Waals surface area contributed by atoms with Crippen LogP contribution >= 0.6 is 11.6 Å². The standard InChI is InChI=1S/C16H22ClN3O2/c17-9-4-10-18-15(21)16(22)19-13-5-7-14(8-6-13)20-11-2-1-3-12-20/h5-8H,1-4,9-12H2,(H,18,21)(H,19,22). The summed E-state index contributed by atoms with van der Waals surface area (Å²) in [5.41, 5.74) is 1.78. The summed E-state index contributed by atoms with van der Waals surface area (Å²) in [5, 5.41) is 5.12. The van der Waals surface area contributed by atoms with Gasteiger partial charge in [0, 0.05) is 36.9 Å². The zero-order valence-electron chi connectivity index (χ0n) is 12.6. The lowest BCUT2D eigenvalue weighted by Crippen LogP contribution is -2.36. The third-order valence-electron chi connectivity index (χ3n) is 3.65. The second-order valence-electron chi connectivity index (χ2n) is 5.35. The van der Waals surface area contributed by atoms with Gasteiger partial charge < -0.3 is 15.5 Å². The van der Waals surface area contributed by atoms with Crippen LogP contribution in [0.4, 0.5) is 11.4 Å². The first-order chi connectivity index (χ1) is 10.7. The number of amides is 2. The molecule has 2 rings (SSSR count). The number of benzene rings is 1. The highest BCUT2D eigenvalue weighted by Gasteiger charge is 2.14. The van der Waals surface area contributed by atoms with Gasteiger partial charge in [-0.3, -0.25) is 9.59 Å². The van der Waals surface area contributed by atoms with Gasteiger partial charge in [0.15, 0.2) is 0 Å². The Hall–Kier alpha value is -1.75. The van der Waals surface area contributed by atoms with E-state index >= 15 is 0 Å². The molecule has 2 N–H and O–H groups in total. The van der Waals surface area contributed by atoms with E-state index in [0.717, 1.165) is 18.8 Å². The first kappa shape index (κ1) is 16.6. The van der Waals surface area contributed by atoms with Crippen molar-refractivity contribution in [2.75, 3.05) is 35.7 Å². The van der Waals surface area contributed by atoms with E-state index in [1.54, 1.807) is 0 Å². The Bertz CT molecular complexity index is 499. The topological polar surface area (TPSA) is 61.4 Å². The number of anilines is 2. The lowest BCUT2D eigenvalue weighted by atomic mass is 10.1. The fourth-order valence-corrected chi connectivity index (χ4v) is 2.58. The van der Waals surface area contributed by atoms with E-state index in [0.29, 0.717) is 24.5 Å². The van der Waals surface area contributed by atoms with Gasteiger partial charge in [0.2, 0.25) is 0 Å². The molecule has 0 aromatic heterocycles. The Morgan fingerprint density at radius 1 is 1.05 bits per heavy atom. The number of hydrogen-bond donors (Lipinski definition) is 2. The molecule has 0 saturated carbocycles. The number of carbonyl (C=O) groups excluding carboxylic acids is 2. The Morgan fingerprint density at radius 2 is 1.73 bits per heavy atom. The van der Waals surface area contributed by atoms with Crippen LogP contribution in [0, 0.1) is 0 Å². The summed E-state index contributed by atoms with van der Waals surface area (Å²) in [4.78, 5) is 25.6. The molecule has 1 aromatic rings. The average molecular weight is 324 g/mol. The number of rotatable bonds is 5. The van der Waals surface area contributed by atoms with E-state index < -0.39 is 11.8 Å². The summed E-state index contributed by atoms with van der Waals surface area (Å²) in [6.07, 6.45) is 4.39. The number of halogens is 1. The predicted octanol–water partition coefficient (Wildman–Crippen LogP) is 2.36. The van der Waals surface area contributed by atoms with Crippen molar-refractivity contribution in [3.8, 4) is 0 Å². The highest BCUT2D eigenvalue weighted by molar-refractivity contribution is 6.39. The van der Waals surface area contributed by atoms with Gasteiger partial charge in [-0.2, -0.15) is 0 Å². The molecule has 22 heavy (non-hydrogen) atoms. The Labute approximate surface area is 136 Å². The number of piperidine rings is 1. The Balaban J connectivity index is 1.85. The van der Waals surface area contributed by atoms with Crippen molar-refractivity contribution in [3.05, 3.63) is 24.3 Å². The molecule has 120 valence electrons. The Morgan fingerprint density at radius 3 is 2.36 bits per heavy atom. The first-order valence-corrected chi connectivity index (χ1v) is 8.24. The molecule has 1 aliphatic heterocycles. The van der Waals surface area contributed by atoms with E-state index in [1.165, 1.54) is 19.3 Å². The largest absolute Gasteiger partial charge is 0.372 e. The van der Waals surface area contributed by atoms with Crippen LogP contribution in [0.1, 0.15) is 25.7 Å². The molecular weight excluding hydrogens is 302 g/mol. The summed E-state index contributed by atoms with van der Waals surface area (Å²) < 4.78 is 0. The first-order valence-electron chi connectivity index (χ1n) is 7.71. The molecule has 1 aromatic carbocycles. The molecule has 1 fully saturated rings. The van der Waals surface area contributed by atoms with Crippen molar-refractivity contribution in [2.24, 2.45) is 0 Å². The molecule has 0 radical (unpaired) electrons. The van der Waals surface area contributed by atoms with Gasteiger partial charge in [0.05, 0.1) is 0 Å². The molecule has 6 heteroatoms. The quantitative estimate of drug-likeness (QED) is 0.497. The SMILES string of the molecule is O=C(NCCCCl)C(=O)Nc1ccc(N2CCCCC2)cc1. The molecule has 0 spiro atoms. The van der Waals surface area contributed by atoms with E-state index in [2.05, 4.69) is 15.5 Å². The number of nitrogens with zero attached hydrogens (tertiary/aromatic N) is 1. The van der Waals surface area contributed by atoms with E-state index in [4.69, 9.17) is 11.6 Å². The molecular formula is C16H22ClN3O2. The molecule has 5 nitrogen and oxygen atoms in total. The van der Waals surface area contributed by atoms with Gasteiger partial charge >= 0.3 is 11.8 Å². The van der Waals surface area contributed by atoms with Crippen LogP contribution in [0.25, 0.3) is 0 Å². The number of hydrogen-bond acceptors (Lipinski definition) is 3. The van der Waals surface area contributed by atoms with E-state index in [-0.39, 0.29) is 0 Å². The maximum atomic E-state index is 11.7. The summed E-state index contributed by atoms with van der Waals surface area (Å²) in [6.45, 7) is 2.56. The molecule has 0 bridgehead atoms. The van der Waals surface area contributed by atoms with Crippen LogP contribution in [-0.2, 0) is 9.59 Å². The predicted molar refractivity (Wildman–Crippen MR) is 89.5 cm³/mol. The van der Waals surface area contributed by atoms with E-state index in [9.17, 15) is 9.59 Å². The number of carbonyl (C=O) groups is 2. The zero-order chi connectivity index (χ0) is 15.8. The highest BCUT2D eigenvalue weighted by Crippen LogP contribution is 2.21. The molecule has 0 atom stereocenters. The zero-order valence-corrected chi connectivity index (χ0v) is 13.4. The molecule has 0 aliphatic carbocycles. The average Bonchev–Trinajstić information content (AvgIpc) is 2.56. The summed E-state index contributed by atoms with van der Waals surface area (Å²) in [7, 11) is 0. The smallest absolute Gasteiger partial charge is 0.313 e. The van der Waals surface area contributed by atoms with Crippen molar-refractivity contribution in [3.63, 3.8) is 0 Å². The lowest BCUT2D eigenvalue weighted by molar-refractivity contribution is -0.136. The minimum atomic E-state index is -0.653. The Kier molecular flexibility index (Phi) is 6.52. The van der Waals surface area contributed by atoms with Crippen LogP contribution in [0.3, 0.4) is 0 Å². The summed E-state index contributed by atoms with van der Waals surface area (Å²) in [6, 6.07) is 7.61. The van der Waals surface area contributed by atoms with Crippen molar-refractivity contribution >= 4 is 34.8 Å². The maximum Gasteiger partial charge on any atom is 0.313 e. The summed E-state index contributed by atoms with van der Waals surface area (Å²) >= 11 is 5.52. The van der Waals surface area contributed by atoms with Crippen LogP contribution < -0.4 is 15.5 Å². The van der Waals surface area contributed by atoms with Crippen molar-refractivity contribution in [1.29, 1.82) is 0 Å². The fourth-order valence-electron chi connectivity index (χ4n) is 2.44. The highest BCUT2D eigenvalue weighted by atomic mass is 35.5. The van der Waals surface area contributed by atoms with Gasteiger partial charge in [-0.25, -0.2) is 0 Å². The maximum absolute atomic E-state index is 11.7.